The Kier molecular flexibility index (Phi) is 9.24. The van der Waals surface area contributed by atoms with Crippen LogP contribution in [0.2, 0.25) is 0 Å². The van der Waals surface area contributed by atoms with E-state index in [1.807, 2.05) is 31.2 Å². The van der Waals surface area contributed by atoms with Gasteiger partial charge in [-0.05, 0) is 93.1 Å². The van der Waals surface area contributed by atoms with E-state index in [-0.39, 0.29) is 19.0 Å². The first-order valence-corrected chi connectivity index (χ1v) is 12.6. The van der Waals surface area contributed by atoms with Gasteiger partial charge in [-0.1, -0.05) is 0 Å². The second kappa shape index (κ2) is 13.2. The predicted octanol–water partition coefficient (Wildman–Crippen LogP) is 4.98. The number of hydrazone groups is 1. The highest BCUT2D eigenvalue weighted by molar-refractivity contribution is 5.92. The summed E-state index contributed by atoms with van der Waals surface area (Å²) in [6.07, 6.45) is 1.46. The number of ether oxygens (including phenoxy) is 4. The van der Waals surface area contributed by atoms with Crippen LogP contribution in [0.3, 0.4) is 0 Å². The molecule has 0 unspecified atom stereocenters. The summed E-state index contributed by atoms with van der Waals surface area (Å²) in [4.78, 5) is 23.8. The minimum Gasteiger partial charge on any atom is -0.490 e. The van der Waals surface area contributed by atoms with Crippen molar-refractivity contribution in [2.75, 3.05) is 20.3 Å². The van der Waals surface area contributed by atoms with Gasteiger partial charge in [-0.15, -0.1) is 0 Å². The van der Waals surface area contributed by atoms with E-state index in [1.54, 1.807) is 30.3 Å². The molecule has 208 valence electrons. The summed E-state index contributed by atoms with van der Waals surface area (Å²) >= 11 is 0. The molecule has 1 amide bonds. The number of carbonyl (C=O) groups excluding carboxylic acids is 2. The van der Waals surface area contributed by atoms with E-state index in [9.17, 15) is 9.59 Å². The number of benzene rings is 2. The second-order valence-corrected chi connectivity index (χ2v) is 8.70. The molecule has 2 heterocycles. The minimum absolute atomic E-state index is 0.103. The van der Waals surface area contributed by atoms with Crippen molar-refractivity contribution in [2.24, 2.45) is 5.10 Å². The number of esters is 1. The molecule has 4 rings (SSSR count). The molecule has 4 aromatic rings. The fraction of sp³-hybridized carbons (Fsp3) is 0.233. The van der Waals surface area contributed by atoms with Gasteiger partial charge in [0.25, 0.3) is 0 Å². The number of rotatable bonds is 12. The van der Waals surface area contributed by atoms with E-state index in [1.165, 1.54) is 13.3 Å². The average molecular weight is 546 g/mol. The van der Waals surface area contributed by atoms with Gasteiger partial charge in [-0.3, -0.25) is 4.79 Å². The van der Waals surface area contributed by atoms with Crippen molar-refractivity contribution < 1.29 is 33.0 Å². The van der Waals surface area contributed by atoms with Crippen molar-refractivity contribution in [1.82, 2.24) is 9.99 Å². The number of carbonyl (C=O) groups is 2. The summed E-state index contributed by atoms with van der Waals surface area (Å²) in [5.41, 5.74) is 6.46. The van der Waals surface area contributed by atoms with E-state index in [2.05, 4.69) is 45.8 Å². The summed E-state index contributed by atoms with van der Waals surface area (Å²) in [7, 11) is 1.28. The molecular formula is C30H31N3O7. The third-order valence-electron chi connectivity index (χ3n) is 5.85. The van der Waals surface area contributed by atoms with Gasteiger partial charge in [0.15, 0.2) is 23.9 Å². The average Bonchev–Trinajstić information content (AvgIpc) is 3.57. The van der Waals surface area contributed by atoms with Crippen molar-refractivity contribution in [3.8, 4) is 22.9 Å². The van der Waals surface area contributed by atoms with Crippen LogP contribution in [0.15, 0.2) is 76.2 Å². The zero-order valence-corrected chi connectivity index (χ0v) is 22.8. The number of furan rings is 1. The van der Waals surface area contributed by atoms with Crippen LogP contribution in [-0.2, 0) is 16.1 Å². The molecule has 2 aromatic carbocycles. The van der Waals surface area contributed by atoms with Crippen LogP contribution in [0.1, 0.15) is 40.2 Å². The maximum absolute atomic E-state index is 12.5. The van der Waals surface area contributed by atoms with Crippen molar-refractivity contribution in [3.05, 3.63) is 95.2 Å². The number of hydrogen-bond acceptors (Lipinski definition) is 8. The van der Waals surface area contributed by atoms with Crippen molar-refractivity contribution in [2.45, 2.75) is 27.4 Å². The Labute approximate surface area is 232 Å². The zero-order chi connectivity index (χ0) is 28.5. The lowest BCUT2D eigenvalue weighted by Crippen LogP contribution is -2.16. The highest BCUT2D eigenvalue weighted by Gasteiger charge is 2.12. The standard InChI is InChI=1S/C30H31N3O7/c1-5-37-28-16-22(8-14-26(28)39-19-29(34)36-4)17-31-32-30(35)27-15-13-25(40-27)18-38-24-11-9-23(10-12-24)33-20(2)6-7-21(33)3/h6-17H,5,18-19H2,1-4H3,(H,32,35)/b31-17+. The van der Waals surface area contributed by atoms with Crippen LogP contribution in [0.4, 0.5) is 0 Å². The Morgan fingerprint density at radius 2 is 1.68 bits per heavy atom. The topological polar surface area (TPSA) is 114 Å². The molecule has 0 fully saturated rings. The lowest BCUT2D eigenvalue weighted by molar-refractivity contribution is -0.142. The highest BCUT2D eigenvalue weighted by Crippen LogP contribution is 2.28. The number of methoxy groups -OCH3 is 1. The summed E-state index contributed by atoms with van der Waals surface area (Å²) in [5.74, 6) is 1.10. The molecule has 0 saturated heterocycles. The van der Waals surface area contributed by atoms with Crippen LogP contribution >= 0.6 is 0 Å². The van der Waals surface area contributed by atoms with Gasteiger partial charge in [0.1, 0.15) is 18.1 Å². The zero-order valence-electron chi connectivity index (χ0n) is 22.8. The summed E-state index contributed by atoms with van der Waals surface area (Å²) in [5, 5.41) is 3.99. The Morgan fingerprint density at radius 1 is 0.925 bits per heavy atom. The van der Waals surface area contributed by atoms with E-state index < -0.39 is 11.9 Å². The molecule has 2 aromatic heterocycles. The minimum atomic E-state index is -0.507. The molecule has 40 heavy (non-hydrogen) atoms. The first-order chi connectivity index (χ1) is 19.4. The number of aryl methyl sites for hydroxylation is 2. The van der Waals surface area contributed by atoms with E-state index in [0.29, 0.717) is 35.2 Å². The second-order valence-electron chi connectivity index (χ2n) is 8.70. The van der Waals surface area contributed by atoms with Gasteiger partial charge in [0, 0.05) is 17.1 Å². The number of hydrogen-bond donors (Lipinski definition) is 1. The van der Waals surface area contributed by atoms with Crippen LogP contribution < -0.4 is 19.6 Å². The number of aromatic nitrogens is 1. The molecule has 0 aliphatic carbocycles. The number of nitrogens with zero attached hydrogens (tertiary/aromatic N) is 2. The van der Waals surface area contributed by atoms with Crippen LogP contribution in [0, 0.1) is 13.8 Å². The van der Waals surface area contributed by atoms with E-state index in [0.717, 1.165) is 17.1 Å². The van der Waals surface area contributed by atoms with E-state index in [4.69, 9.17) is 18.6 Å². The lowest BCUT2D eigenvalue weighted by atomic mass is 10.2. The normalized spacial score (nSPS) is 10.9. The molecule has 1 N–H and O–H groups in total. The smallest absolute Gasteiger partial charge is 0.343 e. The third-order valence-corrected chi connectivity index (χ3v) is 5.85. The maximum Gasteiger partial charge on any atom is 0.343 e. The van der Waals surface area contributed by atoms with Gasteiger partial charge in [-0.2, -0.15) is 5.10 Å². The quantitative estimate of drug-likeness (QED) is 0.152. The number of amides is 1. The van der Waals surface area contributed by atoms with Gasteiger partial charge < -0.3 is 27.9 Å². The van der Waals surface area contributed by atoms with Crippen LogP contribution in [0.25, 0.3) is 5.69 Å². The van der Waals surface area contributed by atoms with Crippen molar-refractivity contribution in [1.29, 1.82) is 0 Å². The monoisotopic (exact) mass is 545 g/mol. The molecule has 0 aliphatic heterocycles. The maximum atomic E-state index is 12.5. The molecule has 10 nitrogen and oxygen atoms in total. The Hall–Kier alpha value is -4.99. The fourth-order valence-electron chi connectivity index (χ4n) is 3.91. The molecule has 0 spiro atoms. The molecule has 10 heteroatoms. The molecule has 0 radical (unpaired) electrons. The SMILES string of the molecule is CCOc1cc(/C=N/NC(=O)c2ccc(COc3ccc(-n4c(C)ccc4C)cc3)o2)ccc1OCC(=O)OC. The summed E-state index contributed by atoms with van der Waals surface area (Å²) in [6.45, 7) is 6.29. The number of nitrogens with one attached hydrogen (secondary N) is 1. The van der Waals surface area contributed by atoms with E-state index >= 15 is 0 Å². The first-order valence-electron chi connectivity index (χ1n) is 12.6. The fourth-order valence-corrected chi connectivity index (χ4v) is 3.91. The molecule has 0 bridgehead atoms. The van der Waals surface area contributed by atoms with Gasteiger partial charge >= 0.3 is 11.9 Å². The molecule has 0 aliphatic rings. The van der Waals surface area contributed by atoms with Crippen molar-refractivity contribution in [3.63, 3.8) is 0 Å². The summed E-state index contributed by atoms with van der Waals surface area (Å²) in [6, 6.07) is 20.2. The Bertz CT molecular complexity index is 1470. The van der Waals surface area contributed by atoms with Gasteiger partial charge in [0.2, 0.25) is 0 Å². The third kappa shape index (κ3) is 7.10. The van der Waals surface area contributed by atoms with Crippen LogP contribution in [-0.4, -0.2) is 43.0 Å². The first kappa shape index (κ1) is 28.0. The largest absolute Gasteiger partial charge is 0.490 e. The lowest BCUT2D eigenvalue weighted by Gasteiger charge is -2.11. The van der Waals surface area contributed by atoms with Crippen molar-refractivity contribution >= 4 is 18.1 Å². The Morgan fingerprint density at radius 3 is 2.38 bits per heavy atom. The molecule has 0 saturated carbocycles. The highest BCUT2D eigenvalue weighted by atomic mass is 16.6. The Balaban J connectivity index is 1.30. The van der Waals surface area contributed by atoms with Gasteiger partial charge in [-0.25, -0.2) is 10.2 Å². The predicted molar refractivity (Wildman–Crippen MR) is 148 cm³/mol. The molecular weight excluding hydrogens is 514 g/mol. The van der Waals surface area contributed by atoms with Crippen LogP contribution in [0.5, 0.6) is 17.2 Å². The molecule has 0 atom stereocenters. The summed E-state index contributed by atoms with van der Waals surface area (Å²) < 4.78 is 29.2. The van der Waals surface area contributed by atoms with Gasteiger partial charge in [0.05, 0.1) is 19.9 Å².